The average molecular weight is 208 g/mol. The van der Waals surface area contributed by atoms with Crippen molar-refractivity contribution in [3.8, 4) is 0 Å². The van der Waals surface area contributed by atoms with Crippen molar-refractivity contribution in [2.45, 2.75) is 33.1 Å². The molecular weight excluding hydrogens is 184 g/mol. The van der Waals surface area contributed by atoms with E-state index in [4.69, 9.17) is 0 Å². The van der Waals surface area contributed by atoms with Crippen molar-refractivity contribution in [2.75, 3.05) is 32.7 Å². The van der Waals surface area contributed by atoms with Crippen LogP contribution in [0.1, 0.15) is 33.1 Å². The van der Waals surface area contributed by atoms with Crippen LogP contribution >= 0.6 is 0 Å². The summed E-state index contributed by atoms with van der Waals surface area (Å²) in [7, 11) is 0. The number of hydrogen-bond acceptors (Lipinski definition) is 2. The summed E-state index contributed by atoms with van der Waals surface area (Å²) in [5, 5.41) is 3.53. The van der Waals surface area contributed by atoms with Gasteiger partial charge in [0.25, 0.3) is 0 Å². The van der Waals surface area contributed by atoms with Crippen molar-refractivity contribution in [3.63, 3.8) is 0 Å². The molecule has 2 nitrogen and oxygen atoms in total. The summed E-state index contributed by atoms with van der Waals surface area (Å²) in [5.41, 5.74) is 2.06. The van der Waals surface area contributed by atoms with Crippen LogP contribution in [0.15, 0.2) is 11.6 Å². The molecule has 1 fully saturated rings. The molecule has 1 atom stereocenters. The minimum atomic E-state index is 0.510. The summed E-state index contributed by atoms with van der Waals surface area (Å²) in [4.78, 5) is 2.63. The minimum absolute atomic E-state index is 0.510. The Morgan fingerprint density at radius 3 is 3.07 bits per heavy atom. The van der Waals surface area contributed by atoms with E-state index in [0.29, 0.717) is 5.41 Å². The third-order valence-electron chi connectivity index (χ3n) is 3.70. The van der Waals surface area contributed by atoms with Crippen LogP contribution in [-0.2, 0) is 0 Å². The molecule has 2 aliphatic heterocycles. The Morgan fingerprint density at radius 2 is 2.40 bits per heavy atom. The summed E-state index contributed by atoms with van der Waals surface area (Å²) in [6.45, 7) is 10.8. The van der Waals surface area contributed by atoms with E-state index in [9.17, 15) is 0 Å². The lowest BCUT2D eigenvalue weighted by molar-refractivity contribution is 0.138. The van der Waals surface area contributed by atoms with E-state index in [1.807, 2.05) is 0 Å². The van der Waals surface area contributed by atoms with Crippen molar-refractivity contribution in [3.05, 3.63) is 11.6 Å². The van der Waals surface area contributed by atoms with E-state index in [2.05, 4.69) is 30.1 Å². The Hall–Kier alpha value is -0.340. The smallest absolute Gasteiger partial charge is 0.0190 e. The predicted octanol–water partition coefficient (Wildman–Crippen LogP) is 2.03. The van der Waals surface area contributed by atoms with E-state index in [1.165, 1.54) is 52.0 Å². The van der Waals surface area contributed by atoms with Gasteiger partial charge in [0.2, 0.25) is 0 Å². The Bertz CT molecular complexity index is 239. The van der Waals surface area contributed by atoms with E-state index in [0.717, 1.165) is 0 Å². The summed E-state index contributed by atoms with van der Waals surface area (Å²) >= 11 is 0. The van der Waals surface area contributed by atoms with Gasteiger partial charge in [-0.25, -0.2) is 0 Å². The van der Waals surface area contributed by atoms with Crippen LogP contribution in [0.4, 0.5) is 0 Å². The maximum absolute atomic E-state index is 3.53. The summed E-state index contributed by atoms with van der Waals surface area (Å²) in [5.74, 6) is 0. The SMILES string of the molecule is CC1=CCCN(CC2(C)CCCNC2)C1. The van der Waals surface area contributed by atoms with Crippen molar-refractivity contribution in [2.24, 2.45) is 5.41 Å². The van der Waals surface area contributed by atoms with Gasteiger partial charge >= 0.3 is 0 Å². The lowest BCUT2D eigenvalue weighted by atomic mass is 9.82. The standard InChI is InChI=1S/C13H24N2/c1-12-5-3-8-15(9-12)11-13(2)6-4-7-14-10-13/h5,14H,3-4,6-11H2,1-2H3. The van der Waals surface area contributed by atoms with Crippen LogP contribution < -0.4 is 5.32 Å². The zero-order chi connectivity index (χ0) is 10.7. The molecule has 0 aliphatic carbocycles. The van der Waals surface area contributed by atoms with Crippen LogP contribution in [-0.4, -0.2) is 37.6 Å². The highest BCUT2D eigenvalue weighted by molar-refractivity contribution is 5.05. The fourth-order valence-electron chi connectivity index (χ4n) is 2.92. The van der Waals surface area contributed by atoms with E-state index < -0.39 is 0 Å². The van der Waals surface area contributed by atoms with Crippen molar-refractivity contribution in [1.82, 2.24) is 10.2 Å². The molecule has 0 aromatic rings. The monoisotopic (exact) mass is 208 g/mol. The van der Waals surface area contributed by atoms with Gasteiger partial charge in [0.15, 0.2) is 0 Å². The Kier molecular flexibility index (Phi) is 3.47. The van der Waals surface area contributed by atoms with Crippen LogP contribution in [0.25, 0.3) is 0 Å². The molecule has 86 valence electrons. The molecule has 1 N–H and O–H groups in total. The molecule has 2 aliphatic rings. The topological polar surface area (TPSA) is 15.3 Å². The first-order valence-electron chi connectivity index (χ1n) is 6.27. The van der Waals surface area contributed by atoms with Gasteiger partial charge in [0.05, 0.1) is 0 Å². The molecule has 0 aromatic heterocycles. The second-order valence-corrected chi connectivity index (χ2v) is 5.64. The molecule has 0 radical (unpaired) electrons. The van der Waals surface area contributed by atoms with Crippen molar-refractivity contribution in [1.29, 1.82) is 0 Å². The molecule has 0 amide bonds. The van der Waals surface area contributed by atoms with Gasteiger partial charge < -0.3 is 5.32 Å². The molecule has 0 bridgehead atoms. The highest BCUT2D eigenvalue weighted by Gasteiger charge is 2.29. The fourth-order valence-corrected chi connectivity index (χ4v) is 2.92. The third-order valence-corrected chi connectivity index (χ3v) is 3.70. The number of piperidine rings is 1. The fraction of sp³-hybridized carbons (Fsp3) is 0.846. The summed E-state index contributed by atoms with van der Waals surface area (Å²) in [6, 6.07) is 0. The molecule has 15 heavy (non-hydrogen) atoms. The Morgan fingerprint density at radius 1 is 1.53 bits per heavy atom. The van der Waals surface area contributed by atoms with E-state index in [1.54, 1.807) is 5.57 Å². The summed E-state index contributed by atoms with van der Waals surface area (Å²) in [6.07, 6.45) is 6.37. The highest BCUT2D eigenvalue weighted by Crippen LogP contribution is 2.27. The molecular formula is C13H24N2. The van der Waals surface area contributed by atoms with Gasteiger partial charge in [0, 0.05) is 26.2 Å². The highest BCUT2D eigenvalue weighted by atomic mass is 15.1. The Labute approximate surface area is 93.7 Å². The zero-order valence-electron chi connectivity index (χ0n) is 10.2. The Balaban J connectivity index is 1.87. The number of rotatable bonds is 2. The lowest BCUT2D eigenvalue weighted by Gasteiger charge is -2.39. The van der Waals surface area contributed by atoms with Crippen molar-refractivity contribution < 1.29 is 0 Å². The second kappa shape index (κ2) is 4.67. The predicted molar refractivity (Wildman–Crippen MR) is 65.0 cm³/mol. The lowest BCUT2D eigenvalue weighted by Crippen LogP contribution is -2.46. The first-order valence-corrected chi connectivity index (χ1v) is 6.27. The average Bonchev–Trinajstić information content (AvgIpc) is 2.18. The van der Waals surface area contributed by atoms with Gasteiger partial charge in [-0.1, -0.05) is 18.6 Å². The normalized spacial score (nSPS) is 33.9. The number of nitrogens with one attached hydrogen (secondary N) is 1. The van der Waals surface area contributed by atoms with Gasteiger partial charge in [0.1, 0.15) is 0 Å². The second-order valence-electron chi connectivity index (χ2n) is 5.64. The largest absolute Gasteiger partial charge is 0.316 e. The van der Waals surface area contributed by atoms with Gasteiger partial charge in [-0.3, -0.25) is 4.90 Å². The molecule has 0 spiro atoms. The van der Waals surface area contributed by atoms with Crippen LogP contribution in [0.5, 0.6) is 0 Å². The van der Waals surface area contributed by atoms with Crippen LogP contribution in [0, 0.1) is 5.41 Å². The van der Waals surface area contributed by atoms with E-state index in [-0.39, 0.29) is 0 Å². The maximum Gasteiger partial charge on any atom is 0.0190 e. The van der Waals surface area contributed by atoms with Crippen LogP contribution in [0.2, 0.25) is 0 Å². The van der Waals surface area contributed by atoms with Crippen LogP contribution in [0.3, 0.4) is 0 Å². The molecule has 0 aromatic carbocycles. The number of nitrogens with zero attached hydrogens (tertiary/aromatic N) is 1. The quantitative estimate of drug-likeness (QED) is 0.699. The minimum Gasteiger partial charge on any atom is -0.316 e. The first kappa shape index (κ1) is 11.2. The molecule has 2 heteroatoms. The third kappa shape index (κ3) is 3.05. The molecule has 0 saturated carbocycles. The van der Waals surface area contributed by atoms with Gasteiger partial charge in [-0.05, 0) is 38.1 Å². The maximum atomic E-state index is 3.53. The van der Waals surface area contributed by atoms with E-state index >= 15 is 0 Å². The first-order chi connectivity index (χ1) is 7.18. The molecule has 1 saturated heterocycles. The zero-order valence-corrected chi connectivity index (χ0v) is 10.2. The van der Waals surface area contributed by atoms with Gasteiger partial charge in [-0.15, -0.1) is 0 Å². The molecule has 2 rings (SSSR count). The molecule has 1 unspecified atom stereocenters. The number of hydrogen-bond donors (Lipinski definition) is 1. The summed E-state index contributed by atoms with van der Waals surface area (Å²) < 4.78 is 0. The van der Waals surface area contributed by atoms with Gasteiger partial charge in [-0.2, -0.15) is 0 Å². The molecule has 2 heterocycles. The van der Waals surface area contributed by atoms with Crippen molar-refractivity contribution >= 4 is 0 Å².